The molecule has 106 valence electrons. The van der Waals surface area contributed by atoms with Crippen molar-refractivity contribution in [1.82, 2.24) is 14.9 Å². The summed E-state index contributed by atoms with van der Waals surface area (Å²) in [6.45, 7) is 1.84. The molecule has 0 fully saturated rings. The van der Waals surface area contributed by atoms with Gasteiger partial charge in [-0.15, -0.1) is 0 Å². The molecule has 0 saturated carbocycles. The fourth-order valence-electron chi connectivity index (χ4n) is 1.85. The van der Waals surface area contributed by atoms with Crippen molar-refractivity contribution in [3.63, 3.8) is 0 Å². The molecule has 0 aliphatic carbocycles. The number of aromatic nitrogens is 3. The fourth-order valence-corrected chi connectivity index (χ4v) is 2.03. The zero-order valence-corrected chi connectivity index (χ0v) is 11.9. The molecule has 3 rings (SSSR count). The molecular weight excluding hydrogens is 291 g/mol. The van der Waals surface area contributed by atoms with E-state index in [2.05, 4.69) is 15.3 Å². The standard InChI is InChI=1S/C14H11FN4OS/c1-9-6-7-10(20-9)8-16-19-13(17-18-14(19)21)11-4-2-3-5-12(11)15/h2-8H,1H3,(H,18,21). The number of benzene rings is 1. The molecule has 3 aromatic rings. The number of nitrogens with zero attached hydrogens (tertiary/aromatic N) is 3. The average molecular weight is 302 g/mol. The van der Waals surface area contributed by atoms with Crippen LogP contribution < -0.4 is 0 Å². The second-order valence-electron chi connectivity index (χ2n) is 4.34. The van der Waals surface area contributed by atoms with Gasteiger partial charge in [-0.1, -0.05) is 12.1 Å². The van der Waals surface area contributed by atoms with E-state index in [-0.39, 0.29) is 4.77 Å². The summed E-state index contributed by atoms with van der Waals surface area (Å²) in [4.78, 5) is 0. The van der Waals surface area contributed by atoms with Gasteiger partial charge in [0, 0.05) is 0 Å². The van der Waals surface area contributed by atoms with Crippen LogP contribution in [0.3, 0.4) is 0 Å². The lowest BCUT2D eigenvalue weighted by Crippen LogP contribution is -1.96. The Bertz CT molecular complexity index is 862. The van der Waals surface area contributed by atoms with E-state index in [1.54, 1.807) is 24.3 Å². The van der Waals surface area contributed by atoms with Gasteiger partial charge in [-0.05, 0) is 43.4 Å². The Morgan fingerprint density at radius 1 is 1.33 bits per heavy atom. The third kappa shape index (κ3) is 2.68. The fraction of sp³-hybridized carbons (Fsp3) is 0.0714. The predicted molar refractivity (Wildman–Crippen MR) is 79.2 cm³/mol. The van der Waals surface area contributed by atoms with Crippen LogP contribution >= 0.6 is 12.2 Å². The number of aryl methyl sites for hydroxylation is 1. The van der Waals surface area contributed by atoms with Crippen molar-refractivity contribution in [2.75, 3.05) is 0 Å². The number of hydrogen-bond donors (Lipinski definition) is 1. The van der Waals surface area contributed by atoms with E-state index in [4.69, 9.17) is 16.6 Å². The molecule has 0 atom stereocenters. The van der Waals surface area contributed by atoms with E-state index >= 15 is 0 Å². The number of furan rings is 1. The zero-order valence-electron chi connectivity index (χ0n) is 11.1. The molecule has 0 radical (unpaired) electrons. The third-order valence-corrected chi connectivity index (χ3v) is 3.09. The summed E-state index contributed by atoms with van der Waals surface area (Å²) in [5.74, 6) is 1.27. The van der Waals surface area contributed by atoms with Crippen molar-refractivity contribution in [1.29, 1.82) is 0 Å². The van der Waals surface area contributed by atoms with Crippen LogP contribution in [0.5, 0.6) is 0 Å². The molecule has 0 amide bonds. The van der Waals surface area contributed by atoms with Gasteiger partial charge in [0.05, 0.1) is 11.8 Å². The predicted octanol–water partition coefficient (Wildman–Crippen LogP) is 3.53. The van der Waals surface area contributed by atoms with Gasteiger partial charge in [0.15, 0.2) is 5.82 Å². The molecule has 0 bridgehead atoms. The van der Waals surface area contributed by atoms with Gasteiger partial charge in [0.25, 0.3) is 0 Å². The highest BCUT2D eigenvalue weighted by Gasteiger charge is 2.12. The Hall–Kier alpha value is -2.54. The van der Waals surface area contributed by atoms with Crippen LogP contribution in [-0.2, 0) is 0 Å². The number of aromatic amines is 1. The smallest absolute Gasteiger partial charge is 0.216 e. The number of rotatable bonds is 3. The van der Waals surface area contributed by atoms with E-state index in [0.717, 1.165) is 5.76 Å². The maximum atomic E-state index is 13.9. The Balaban J connectivity index is 2.04. The van der Waals surface area contributed by atoms with Crippen molar-refractivity contribution in [2.24, 2.45) is 5.10 Å². The minimum absolute atomic E-state index is 0.271. The van der Waals surface area contributed by atoms with Gasteiger partial charge in [0.1, 0.15) is 17.3 Å². The highest BCUT2D eigenvalue weighted by Crippen LogP contribution is 2.20. The first-order valence-electron chi connectivity index (χ1n) is 6.18. The highest BCUT2D eigenvalue weighted by atomic mass is 32.1. The van der Waals surface area contributed by atoms with Crippen LogP contribution in [0.4, 0.5) is 4.39 Å². The molecule has 1 aromatic carbocycles. The molecule has 21 heavy (non-hydrogen) atoms. The molecule has 0 unspecified atom stereocenters. The van der Waals surface area contributed by atoms with Gasteiger partial charge in [-0.25, -0.2) is 9.49 Å². The SMILES string of the molecule is Cc1ccc(C=Nn2c(-c3ccccc3F)n[nH]c2=S)o1. The summed E-state index contributed by atoms with van der Waals surface area (Å²) in [6.07, 6.45) is 1.50. The van der Waals surface area contributed by atoms with E-state index in [9.17, 15) is 4.39 Å². The van der Waals surface area contributed by atoms with Gasteiger partial charge in [-0.2, -0.15) is 14.9 Å². The van der Waals surface area contributed by atoms with Crippen molar-refractivity contribution in [3.8, 4) is 11.4 Å². The van der Waals surface area contributed by atoms with Crippen molar-refractivity contribution < 1.29 is 8.81 Å². The lowest BCUT2D eigenvalue weighted by atomic mass is 10.2. The Morgan fingerprint density at radius 2 is 2.14 bits per heavy atom. The maximum absolute atomic E-state index is 13.9. The van der Waals surface area contributed by atoms with Gasteiger partial charge >= 0.3 is 0 Å². The maximum Gasteiger partial charge on any atom is 0.216 e. The Morgan fingerprint density at radius 3 is 2.86 bits per heavy atom. The first-order chi connectivity index (χ1) is 10.1. The first kappa shape index (κ1) is 13.4. The quantitative estimate of drug-likeness (QED) is 0.595. The summed E-state index contributed by atoms with van der Waals surface area (Å²) in [7, 11) is 0. The summed E-state index contributed by atoms with van der Waals surface area (Å²) in [6, 6.07) is 9.92. The molecule has 0 saturated heterocycles. The second-order valence-corrected chi connectivity index (χ2v) is 4.72. The third-order valence-electron chi connectivity index (χ3n) is 2.83. The van der Waals surface area contributed by atoms with Crippen LogP contribution in [0.25, 0.3) is 11.4 Å². The molecule has 0 aliphatic rings. The van der Waals surface area contributed by atoms with Crippen LogP contribution in [0.2, 0.25) is 0 Å². The van der Waals surface area contributed by atoms with Crippen LogP contribution in [0.15, 0.2) is 45.9 Å². The van der Waals surface area contributed by atoms with Crippen LogP contribution in [0, 0.1) is 17.5 Å². The van der Waals surface area contributed by atoms with E-state index in [1.165, 1.54) is 17.0 Å². The van der Waals surface area contributed by atoms with Crippen molar-refractivity contribution in [3.05, 3.63) is 58.5 Å². The summed E-state index contributed by atoms with van der Waals surface area (Å²) >= 11 is 5.11. The highest BCUT2D eigenvalue weighted by molar-refractivity contribution is 7.71. The monoisotopic (exact) mass is 302 g/mol. The summed E-state index contributed by atoms with van der Waals surface area (Å²) in [5.41, 5.74) is 0.317. The van der Waals surface area contributed by atoms with Crippen LogP contribution in [-0.4, -0.2) is 21.1 Å². The van der Waals surface area contributed by atoms with Gasteiger partial charge in [0.2, 0.25) is 4.77 Å². The average Bonchev–Trinajstić information content (AvgIpc) is 3.04. The summed E-state index contributed by atoms with van der Waals surface area (Å²) in [5, 5.41) is 10.8. The lowest BCUT2D eigenvalue weighted by molar-refractivity contribution is 0.527. The van der Waals surface area contributed by atoms with Crippen LogP contribution in [0.1, 0.15) is 11.5 Å². The van der Waals surface area contributed by atoms with Crippen molar-refractivity contribution >= 4 is 18.4 Å². The topological polar surface area (TPSA) is 59.1 Å². The number of H-pyrrole nitrogens is 1. The number of nitrogens with one attached hydrogen (secondary N) is 1. The zero-order chi connectivity index (χ0) is 14.8. The van der Waals surface area contributed by atoms with Gasteiger partial charge in [-0.3, -0.25) is 0 Å². The second kappa shape index (κ2) is 5.45. The molecule has 1 N–H and O–H groups in total. The van der Waals surface area contributed by atoms with E-state index < -0.39 is 5.82 Å². The number of halogens is 1. The lowest BCUT2D eigenvalue weighted by Gasteiger charge is -2.01. The molecule has 5 nitrogen and oxygen atoms in total. The molecule has 2 heterocycles. The molecule has 0 spiro atoms. The molecule has 7 heteroatoms. The summed E-state index contributed by atoms with van der Waals surface area (Å²) < 4.78 is 20.9. The largest absolute Gasteiger partial charge is 0.460 e. The van der Waals surface area contributed by atoms with Gasteiger partial charge < -0.3 is 4.42 Å². The Labute approximate surface area is 124 Å². The first-order valence-corrected chi connectivity index (χ1v) is 6.59. The van der Waals surface area contributed by atoms with E-state index in [0.29, 0.717) is 17.1 Å². The minimum Gasteiger partial charge on any atom is -0.460 e. The Kier molecular flexibility index (Phi) is 3.49. The molecule has 0 aliphatic heterocycles. The molecular formula is C14H11FN4OS. The van der Waals surface area contributed by atoms with Crippen molar-refractivity contribution in [2.45, 2.75) is 6.92 Å². The normalized spacial score (nSPS) is 11.3. The minimum atomic E-state index is -0.392. The van der Waals surface area contributed by atoms with E-state index in [1.807, 2.05) is 13.0 Å². The molecule has 2 aromatic heterocycles. The number of hydrogen-bond acceptors (Lipinski definition) is 4.